The van der Waals surface area contributed by atoms with E-state index in [0.29, 0.717) is 31.6 Å². The van der Waals surface area contributed by atoms with Crippen molar-refractivity contribution in [1.82, 2.24) is 0 Å². The van der Waals surface area contributed by atoms with Crippen LogP contribution in [0.4, 0.5) is 0 Å². The molecule has 0 aliphatic carbocycles. The predicted molar refractivity (Wildman–Crippen MR) is 345 cm³/mol. The molecule has 0 aliphatic heterocycles. The minimum absolute atomic E-state index is 0.106. The van der Waals surface area contributed by atoms with E-state index in [1.807, 2.05) is 0 Å². The number of hydrogen-bond donors (Lipinski definition) is 3. The molecule has 0 aromatic heterocycles. The van der Waals surface area contributed by atoms with Crippen molar-refractivity contribution in [2.24, 2.45) is 11.8 Å². The topological polar surface area (TPSA) is 237 Å². The largest absolute Gasteiger partial charge is 0.472 e. The highest BCUT2D eigenvalue weighted by Crippen LogP contribution is 2.45. The van der Waals surface area contributed by atoms with Crippen LogP contribution in [-0.2, 0) is 65.4 Å². The Morgan fingerprint density at radius 2 is 0.535 bits per heavy atom. The van der Waals surface area contributed by atoms with E-state index in [0.717, 1.165) is 102 Å². The Hall–Kier alpha value is -1.94. The lowest BCUT2D eigenvalue weighted by atomic mass is 10.0. The Morgan fingerprint density at radius 1 is 0.314 bits per heavy atom. The number of carbonyl (C=O) groups is 4. The first-order valence-corrected chi connectivity index (χ1v) is 38.0. The van der Waals surface area contributed by atoms with Crippen molar-refractivity contribution in [2.45, 2.75) is 355 Å². The van der Waals surface area contributed by atoms with Gasteiger partial charge in [0.05, 0.1) is 26.4 Å². The first-order valence-electron chi connectivity index (χ1n) is 35.0. The van der Waals surface area contributed by atoms with E-state index in [9.17, 15) is 43.2 Å². The monoisotopic (exact) mass is 1270 g/mol. The van der Waals surface area contributed by atoms with Gasteiger partial charge < -0.3 is 33.8 Å². The zero-order valence-electron chi connectivity index (χ0n) is 55.6. The highest BCUT2D eigenvalue weighted by molar-refractivity contribution is 7.47. The number of unbranched alkanes of at least 4 members (excludes halogenated alkanes) is 36. The minimum Gasteiger partial charge on any atom is -0.462 e. The number of carbonyl (C=O) groups excluding carboxylic acids is 4. The third kappa shape index (κ3) is 60.9. The van der Waals surface area contributed by atoms with Crippen LogP contribution in [0.3, 0.4) is 0 Å². The molecule has 0 amide bonds. The van der Waals surface area contributed by atoms with Crippen LogP contribution < -0.4 is 0 Å². The molecule has 2 unspecified atom stereocenters. The highest BCUT2D eigenvalue weighted by Gasteiger charge is 2.30. The number of aliphatic hydroxyl groups is 1. The van der Waals surface area contributed by atoms with Gasteiger partial charge in [0.2, 0.25) is 0 Å². The van der Waals surface area contributed by atoms with E-state index < -0.39 is 97.5 Å². The van der Waals surface area contributed by atoms with Gasteiger partial charge in [0.25, 0.3) is 0 Å². The van der Waals surface area contributed by atoms with Gasteiger partial charge in [-0.1, -0.05) is 286 Å². The van der Waals surface area contributed by atoms with E-state index >= 15 is 0 Å². The molecule has 0 fully saturated rings. The van der Waals surface area contributed by atoms with E-state index in [4.69, 9.17) is 37.0 Å². The molecule has 5 atom stereocenters. The molecule has 3 N–H and O–H groups in total. The van der Waals surface area contributed by atoms with Gasteiger partial charge in [0.15, 0.2) is 12.2 Å². The van der Waals surface area contributed by atoms with Crippen LogP contribution in [0.25, 0.3) is 0 Å². The Bertz CT molecular complexity index is 1680. The average molecular weight is 1270 g/mol. The minimum atomic E-state index is -4.95. The van der Waals surface area contributed by atoms with Gasteiger partial charge in [-0.25, -0.2) is 9.13 Å². The lowest BCUT2D eigenvalue weighted by Crippen LogP contribution is -2.30. The van der Waals surface area contributed by atoms with E-state index in [1.165, 1.54) is 148 Å². The molecule has 17 nitrogen and oxygen atoms in total. The van der Waals surface area contributed by atoms with Crippen LogP contribution in [0.5, 0.6) is 0 Å². The molecule has 0 aliphatic rings. The summed E-state index contributed by atoms with van der Waals surface area (Å²) in [7, 11) is -9.89. The summed E-state index contributed by atoms with van der Waals surface area (Å²) in [5.74, 6) is -0.657. The summed E-state index contributed by atoms with van der Waals surface area (Å²) >= 11 is 0. The van der Waals surface area contributed by atoms with Crippen LogP contribution in [0.1, 0.15) is 337 Å². The van der Waals surface area contributed by atoms with Gasteiger partial charge >= 0.3 is 39.5 Å². The molecule has 0 saturated heterocycles. The van der Waals surface area contributed by atoms with Crippen LogP contribution in [-0.4, -0.2) is 96.7 Å². The molecule has 0 spiro atoms. The van der Waals surface area contributed by atoms with Gasteiger partial charge in [-0.15, -0.1) is 0 Å². The molecule has 510 valence electrons. The maximum absolute atomic E-state index is 13.0. The molecule has 0 rings (SSSR count). The Morgan fingerprint density at radius 3 is 0.791 bits per heavy atom. The van der Waals surface area contributed by atoms with Gasteiger partial charge in [-0.2, -0.15) is 0 Å². The fourth-order valence-corrected chi connectivity index (χ4v) is 11.6. The van der Waals surface area contributed by atoms with Crippen molar-refractivity contribution >= 4 is 39.5 Å². The summed E-state index contributed by atoms with van der Waals surface area (Å²) in [5.41, 5.74) is 0. The summed E-state index contributed by atoms with van der Waals surface area (Å²) in [4.78, 5) is 72.4. The number of phosphoric ester groups is 2. The summed E-state index contributed by atoms with van der Waals surface area (Å²) in [6.07, 6.45) is 43.0. The summed E-state index contributed by atoms with van der Waals surface area (Å²) < 4.78 is 68.1. The SMILES string of the molecule is CCCCCCCCCCCCCC(=O)OC[C@H](COP(=O)(O)OC[C@@H](O)COP(=O)(O)OC[C@@H](COC(=O)CCCCCCCCCC(C)C)OC(=O)CCCCCCCCCCCCC)OC(=O)CCCCCCCCCCCCCC(C)C. The second-order valence-corrected chi connectivity index (χ2v) is 28.1. The number of hydrogen-bond acceptors (Lipinski definition) is 15. The quantitative estimate of drug-likeness (QED) is 0.0222. The molecule has 0 aromatic carbocycles. The van der Waals surface area contributed by atoms with Gasteiger partial charge in [-0.05, 0) is 37.5 Å². The Labute approximate surface area is 524 Å². The normalized spacial score (nSPS) is 14.2. The lowest BCUT2D eigenvalue weighted by Gasteiger charge is -2.21. The first kappa shape index (κ1) is 84.1. The number of rotatable bonds is 66. The zero-order chi connectivity index (χ0) is 63.6. The molecular formula is C67H130O17P2. The van der Waals surface area contributed by atoms with Crippen molar-refractivity contribution in [2.75, 3.05) is 39.6 Å². The molecule has 19 heteroatoms. The Balaban J connectivity index is 5.25. The summed E-state index contributed by atoms with van der Waals surface area (Å²) in [6.45, 7) is 9.46. The maximum Gasteiger partial charge on any atom is 0.472 e. The van der Waals surface area contributed by atoms with E-state index in [1.54, 1.807) is 0 Å². The fraction of sp³-hybridized carbons (Fsp3) is 0.940. The smallest absolute Gasteiger partial charge is 0.462 e. The number of phosphoric acid groups is 2. The van der Waals surface area contributed by atoms with Crippen LogP contribution >= 0.6 is 15.6 Å². The summed E-state index contributed by atoms with van der Waals surface area (Å²) in [5, 5.41) is 10.6. The molecule has 0 bridgehead atoms. The molecule has 0 radical (unpaired) electrons. The number of esters is 4. The molecule has 0 heterocycles. The van der Waals surface area contributed by atoms with E-state index in [-0.39, 0.29) is 25.7 Å². The second-order valence-electron chi connectivity index (χ2n) is 25.2. The summed E-state index contributed by atoms with van der Waals surface area (Å²) in [6, 6.07) is 0. The van der Waals surface area contributed by atoms with Gasteiger partial charge in [-0.3, -0.25) is 37.3 Å². The third-order valence-corrected chi connectivity index (χ3v) is 17.4. The van der Waals surface area contributed by atoms with Gasteiger partial charge in [0, 0.05) is 25.7 Å². The maximum atomic E-state index is 13.0. The zero-order valence-corrected chi connectivity index (χ0v) is 57.4. The number of ether oxygens (including phenoxy) is 4. The Kier molecular flexibility index (Phi) is 58.0. The van der Waals surface area contributed by atoms with Gasteiger partial charge in [0.1, 0.15) is 19.3 Å². The van der Waals surface area contributed by atoms with Crippen molar-refractivity contribution in [3.63, 3.8) is 0 Å². The van der Waals surface area contributed by atoms with Crippen LogP contribution in [0.2, 0.25) is 0 Å². The molecule has 86 heavy (non-hydrogen) atoms. The second kappa shape index (κ2) is 59.4. The van der Waals surface area contributed by atoms with Crippen LogP contribution in [0, 0.1) is 11.8 Å². The molecule has 0 saturated carbocycles. The third-order valence-electron chi connectivity index (χ3n) is 15.5. The predicted octanol–water partition coefficient (Wildman–Crippen LogP) is 18.8. The standard InChI is InChI=1S/C67H130O17P2/c1-7-9-11-13-15-17-20-25-31-37-43-49-64(69)77-55-62(83-67(72)52-46-40-33-27-23-19-22-24-29-35-41-47-59(3)4)57-81-85(73,74)79-53-61(68)54-80-86(75,76)82-58-63(56-78-65(70)50-44-38-34-28-30-36-42-48-60(5)6)84-66(71)51-45-39-32-26-21-18-16-14-12-10-8-2/h59-63,68H,7-58H2,1-6H3,(H,73,74)(H,75,76)/t61-,62-,63-/m1/s1. The molecular weight excluding hydrogens is 1140 g/mol. The van der Waals surface area contributed by atoms with E-state index in [2.05, 4.69) is 41.5 Å². The average Bonchev–Trinajstić information content (AvgIpc) is 3.69. The number of aliphatic hydroxyl groups excluding tert-OH is 1. The van der Waals surface area contributed by atoms with Crippen LogP contribution in [0.15, 0.2) is 0 Å². The molecule has 0 aromatic rings. The van der Waals surface area contributed by atoms with Crippen molar-refractivity contribution in [3.8, 4) is 0 Å². The highest BCUT2D eigenvalue weighted by atomic mass is 31.2. The fourth-order valence-electron chi connectivity index (χ4n) is 10.1. The van der Waals surface area contributed by atoms with Crippen molar-refractivity contribution < 1.29 is 80.2 Å². The first-order chi connectivity index (χ1) is 41.4. The van der Waals surface area contributed by atoms with Crippen molar-refractivity contribution in [3.05, 3.63) is 0 Å². The van der Waals surface area contributed by atoms with Crippen molar-refractivity contribution in [1.29, 1.82) is 0 Å². The lowest BCUT2D eigenvalue weighted by molar-refractivity contribution is -0.161.